The number of rotatable bonds is 5. The molecule has 0 spiro atoms. The topological polar surface area (TPSA) is 37.0 Å². The molecule has 0 saturated heterocycles. The number of hydrogen-bond donors (Lipinski definition) is 2. The van der Waals surface area contributed by atoms with Gasteiger partial charge in [0.15, 0.2) is 0 Å². The van der Waals surface area contributed by atoms with Gasteiger partial charge in [0.25, 0.3) is 0 Å². The standard InChI is InChI=1S/C21H23ClN2O/c1-2-3-12-25-16-7-4-14(5-8-16)20-21-17(10-11-23-20)18-13-15(22)6-9-19(18)24-21/h4-9,13,20,23-24H,2-3,10-12H2,1H3. The first kappa shape index (κ1) is 16.5. The Kier molecular flexibility index (Phi) is 4.69. The second-order valence-electron chi connectivity index (χ2n) is 6.62. The van der Waals surface area contributed by atoms with Crippen LogP contribution in [0.1, 0.15) is 42.6 Å². The SMILES string of the molecule is CCCCOc1ccc(C2NCCc3c2[nH]c2ccc(Cl)cc32)cc1. The van der Waals surface area contributed by atoms with Crippen molar-refractivity contribution < 1.29 is 4.74 Å². The van der Waals surface area contributed by atoms with E-state index < -0.39 is 0 Å². The van der Waals surface area contributed by atoms with Crippen LogP contribution in [0.15, 0.2) is 42.5 Å². The minimum Gasteiger partial charge on any atom is -0.494 e. The van der Waals surface area contributed by atoms with Crippen molar-refractivity contribution in [3.05, 3.63) is 64.3 Å². The summed E-state index contributed by atoms with van der Waals surface area (Å²) in [6.45, 7) is 3.92. The van der Waals surface area contributed by atoms with Crippen LogP contribution in [0.25, 0.3) is 10.9 Å². The van der Waals surface area contributed by atoms with Gasteiger partial charge in [-0.1, -0.05) is 37.1 Å². The lowest BCUT2D eigenvalue weighted by atomic mass is 9.94. The van der Waals surface area contributed by atoms with Gasteiger partial charge < -0.3 is 15.0 Å². The molecule has 3 aromatic rings. The number of hydrogen-bond acceptors (Lipinski definition) is 2. The fourth-order valence-electron chi connectivity index (χ4n) is 3.58. The second kappa shape index (κ2) is 7.11. The van der Waals surface area contributed by atoms with Crippen LogP contribution in [0.4, 0.5) is 0 Å². The number of halogens is 1. The van der Waals surface area contributed by atoms with Gasteiger partial charge in [-0.15, -0.1) is 0 Å². The maximum Gasteiger partial charge on any atom is 0.119 e. The van der Waals surface area contributed by atoms with E-state index in [-0.39, 0.29) is 6.04 Å². The van der Waals surface area contributed by atoms with Gasteiger partial charge >= 0.3 is 0 Å². The monoisotopic (exact) mass is 354 g/mol. The molecule has 0 saturated carbocycles. The zero-order valence-corrected chi connectivity index (χ0v) is 15.2. The average Bonchev–Trinajstić information content (AvgIpc) is 3.00. The molecule has 4 rings (SSSR count). The summed E-state index contributed by atoms with van der Waals surface area (Å²) in [5.74, 6) is 0.941. The Balaban J connectivity index is 1.63. The molecule has 25 heavy (non-hydrogen) atoms. The molecule has 2 N–H and O–H groups in total. The Bertz CT molecular complexity index is 869. The first-order valence-corrected chi connectivity index (χ1v) is 9.40. The summed E-state index contributed by atoms with van der Waals surface area (Å²) in [5.41, 5.74) is 5.04. The molecule has 0 amide bonds. The normalized spacial score (nSPS) is 16.8. The van der Waals surface area contributed by atoms with Gasteiger partial charge in [0.05, 0.1) is 12.6 Å². The minimum atomic E-state index is 0.180. The molecular formula is C21H23ClN2O. The molecule has 1 atom stereocenters. The Morgan fingerprint density at radius 3 is 2.80 bits per heavy atom. The smallest absolute Gasteiger partial charge is 0.119 e. The predicted octanol–water partition coefficient (Wildman–Crippen LogP) is 5.24. The fourth-order valence-corrected chi connectivity index (χ4v) is 3.75. The predicted molar refractivity (Wildman–Crippen MR) is 104 cm³/mol. The van der Waals surface area contributed by atoms with Crippen molar-refractivity contribution in [2.24, 2.45) is 0 Å². The largest absolute Gasteiger partial charge is 0.494 e. The van der Waals surface area contributed by atoms with E-state index in [0.717, 1.165) is 48.7 Å². The van der Waals surface area contributed by atoms with Crippen LogP contribution in [0.3, 0.4) is 0 Å². The number of aromatic amines is 1. The second-order valence-corrected chi connectivity index (χ2v) is 7.05. The molecule has 0 aliphatic carbocycles. The lowest BCUT2D eigenvalue weighted by Gasteiger charge is -2.25. The lowest BCUT2D eigenvalue weighted by molar-refractivity contribution is 0.309. The molecule has 1 aliphatic heterocycles. The molecule has 1 unspecified atom stereocenters. The van der Waals surface area contributed by atoms with Gasteiger partial charge in [0, 0.05) is 28.2 Å². The molecule has 3 nitrogen and oxygen atoms in total. The third-order valence-electron chi connectivity index (χ3n) is 4.89. The van der Waals surface area contributed by atoms with Crippen LogP contribution in [0, 0.1) is 0 Å². The molecule has 130 valence electrons. The summed E-state index contributed by atoms with van der Waals surface area (Å²) in [6.07, 6.45) is 3.26. The Morgan fingerprint density at radius 2 is 2.00 bits per heavy atom. The third-order valence-corrected chi connectivity index (χ3v) is 5.13. The van der Waals surface area contributed by atoms with Gasteiger partial charge in [0.2, 0.25) is 0 Å². The molecule has 0 fully saturated rings. The first-order chi connectivity index (χ1) is 12.3. The van der Waals surface area contributed by atoms with Gasteiger partial charge in [-0.3, -0.25) is 0 Å². The number of unbranched alkanes of at least 4 members (excludes halogenated alkanes) is 1. The molecule has 2 heterocycles. The highest BCUT2D eigenvalue weighted by Crippen LogP contribution is 2.35. The molecule has 1 aliphatic rings. The highest BCUT2D eigenvalue weighted by molar-refractivity contribution is 6.31. The van der Waals surface area contributed by atoms with Crippen LogP contribution in [0.5, 0.6) is 5.75 Å². The quantitative estimate of drug-likeness (QED) is 0.615. The summed E-state index contributed by atoms with van der Waals surface area (Å²) in [4.78, 5) is 3.60. The number of benzene rings is 2. The zero-order chi connectivity index (χ0) is 17.2. The van der Waals surface area contributed by atoms with Crippen molar-refractivity contribution in [2.75, 3.05) is 13.2 Å². The summed E-state index contributed by atoms with van der Waals surface area (Å²) < 4.78 is 5.78. The van der Waals surface area contributed by atoms with Crippen LogP contribution >= 0.6 is 11.6 Å². The van der Waals surface area contributed by atoms with E-state index in [2.05, 4.69) is 53.6 Å². The summed E-state index contributed by atoms with van der Waals surface area (Å²) in [5, 5.41) is 5.67. The van der Waals surface area contributed by atoms with Crippen molar-refractivity contribution in [1.29, 1.82) is 0 Å². The Hall–Kier alpha value is -1.97. The minimum absolute atomic E-state index is 0.180. The maximum absolute atomic E-state index is 6.20. The summed E-state index contributed by atoms with van der Waals surface area (Å²) >= 11 is 6.20. The van der Waals surface area contributed by atoms with E-state index >= 15 is 0 Å². The molecule has 2 aromatic carbocycles. The van der Waals surface area contributed by atoms with E-state index in [1.54, 1.807) is 0 Å². The summed E-state index contributed by atoms with van der Waals surface area (Å²) in [7, 11) is 0. The Morgan fingerprint density at radius 1 is 1.16 bits per heavy atom. The van der Waals surface area contributed by atoms with E-state index in [1.807, 2.05) is 6.07 Å². The van der Waals surface area contributed by atoms with Crippen LogP contribution in [0.2, 0.25) is 5.02 Å². The van der Waals surface area contributed by atoms with Crippen molar-refractivity contribution >= 4 is 22.5 Å². The van der Waals surface area contributed by atoms with Gasteiger partial charge in [-0.2, -0.15) is 0 Å². The van der Waals surface area contributed by atoms with Gasteiger partial charge in [-0.25, -0.2) is 0 Å². The highest BCUT2D eigenvalue weighted by Gasteiger charge is 2.25. The van der Waals surface area contributed by atoms with Crippen LogP contribution < -0.4 is 10.1 Å². The molecule has 1 aromatic heterocycles. The average molecular weight is 355 g/mol. The van der Waals surface area contributed by atoms with Crippen LogP contribution in [-0.4, -0.2) is 18.1 Å². The number of nitrogens with one attached hydrogen (secondary N) is 2. The first-order valence-electron chi connectivity index (χ1n) is 9.02. The zero-order valence-electron chi connectivity index (χ0n) is 14.4. The molecule has 0 radical (unpaired) electrons. The lowest BCUT2D eigenvalue weighted by Crippen LogP contribution is -2.30. The van der Waals surface area contributed by atoms with Crippen molar-refractivity contribution in [3.63, 3.8) is 0 Å². The van der Waals surface area contributed by atoms with E-state index in [4.69, 9.17) is 16.3 Å². The molecular weight excluding hydrogens is 332 g/mol. The van der Waals surface area contributed by atoms with E-state index in [1.165, 1.54) is 22.2 Å². The fraction of sp³-hybridized carbons (Fsp3) is 0.333. The number of aromatic nitrogens is 1. The Labute approximate surface area is 153 Å². The maximum atomic E-state index is 6.20. The third kappa shape index (κ3) is 3.26. The van der Waals surface area contributed by atoms with Crippen LogP contribution in [-0.2, 0) is 6.42 Å². The number of fused-ring (bicyclic) bond motifs is 3. The molecule has 4 heteroatoms. The van der Waals surface area contributed by atoms with Crippen molar-refractivity contribution in [2.45, 2.75) is 32.2 Å². The number of H-pyrrole nitrogens is 1. The number of ether oxygens (including phenoxy) is 1. The van der Waals surface area contributed by atoms with Crippen molar-refractivity contribution in [3.8, 4) is 5.75 Å². The van der Waals surface area contributed by atoms with E-state index in [0.29, 0.717) is 0 Å². The van der Waals surface area contributed by atoms with Gasteiger partial charge in [-0.05, 0) is 54.3 Å². The van der Waals surface area contributed by atoms with E-state index in [9.17, 15) is 0 Å². The summed E-state index contributed by atoms with van der Waals surface area (Å²) in [6, 6.07) is 14.7. The highest BCUT2D eigenvalue weighted by atomic mass is 35.5. The van der Waals surface area contributed by atoms with Gasteiger partial charge in [0.1, 0.15) is 5.75 Å². The van der Waals surface area contributed by atoms with Crippen molar-refractivity contribution in [1.82, 2.24) is 10.3 Å². The molecule has 0 bridgehead atoms.